The smallest absolute Gasteiger partial charge is 0.233 e. The third kappa shape index (κ3) is 3.00. The predicted molar refractivity (Wildman–Crippen MR) is 72.8 cm³/mol. The lowest BCUT2D eigenvalue weighted by Crippen LogP contribution is -2.22. The number of nitrogens with zero attached hydrogens (tertiary/aromatic N) is 5. The molecule has 0 radical (unpaired) electrons. The second kappa shape index (κ2) is 6.25. The molecular weight excluding hydrogens is 258 g/mol. The zero-order valence-corrected chi connectivity index (χ0v) is 11.8. The minimum absolute atomic E-state index is 0.222. The van der Waals surface area contributed by atoms with Gasteiger partial charge >= 0.3 is 0 Å². The molecule has 0 bridgehead atoms. The molecule has 7 heteroatoms. The fourth-order valence-electron chi connectivity index (χ4n) is 1.76. The summed E-state index contributed by atoms with van der Waals surface area (Å²) in [5, 5.41) is 4.21. The molecule has 2 aromatic rings. The van der Waals surface area contributed by atoms with Gasteiger partial charge in [-0.25, -0.2) is 9.97 Å². The average molecular weight is 275 g/mol. The van der Waals surface area contributed by atoms with Crippen molar-refractivity contribution in [3.8, 4) is 5.75 Å². The highest BCUT2D eigenvalue weighted by atomic mass is 16.5. The Balaban J connectivity index is 2.33. The van der Waals surface area contributed by atoms with Gasteiger partial charge < -0.3 is 9.64 Å². The monoisotopic (exact) mass is 275 g/mol. The number of carbonyl (C=O) groups excluding carboxylic acids is 1. The second-order valence-corrected chi connectivity index (χ2v) is 4.51. The third-order valence-corrected chi connectivity index (χ3v) is 2.81. The number of likely N-dealkylation sites (N-methyl/N-ethyl adjacent to an activating group) is 1. The number of rotatable bonds is 6. The molecule has 0 saturated carbocycles. The van der Waals surface area contributed by atoms with Crippen LogP contribution in [0.15, 0.2) is 24.8 Å². The van der Waals surface area contributed by atoms with Crippen molar-refractivity contribution in [2.45, 2.75) is 6.54 Å². The molecule has 2 aromatic heterocycles. The van der Waals surface area contributed by atoms with Gasteiger partial charge in [-0.2, -0.15) is 5.10 Å². The molecule has 0 aliphatic heterocycles. The van der Waals surface area contributed by atoms with Gasteiger partial charge in [-0.05, 0) is 20.2 Å². The number of ketones is 1. The van der Waals surface area contributed by atoms with Gasteiger partial charge in [0.05, 0.1) is 19.9 Å². The number of carbonyl (C=O) groups is 1. The summed E-state index contributed by atoms with van der Waals surface area (Å²) in [7, 11) is 5.45. The quantitative estimate of drug-likeness (QED) is 0.714. The maximum absolute atomic E-state index is 12.5. The number of methoxy groups -OCH3 is 1. The van der Waals surface area contributed by atoms with E-state index in [0.717, 1.165) is 6.54 Å². The predicted octanol–water partition coefficient (Wildman–Crippen LogP) is 0.474. The first-order chi connectivity index (χ1) is 9.63. The summed E-state index contributed by atoms with van der Waals surface area (Å²) in [6, 6.07) is 1.57. The van der Waals surface area contributed by atoms with E-state index in [1.54, 1.807) is 16.9 Å². The molecular formula is C13H17N5O2. The van der Waals surface area contributed by atoms with E-state index in [1.807, 2.05) is 19.0 Å². The summed E-state index contributed by atoms with van der Waals surface area (Å²) >= 11 is 0. The van der Waals surface area contributed by atoms with Crippen LogP contribution in [0.1, 0.15) is 16.2 Å². The maximum atomic E-state index is 12.5. The minimum Gasteiger partial charge on any atom is -0.493 e. The first-order valence-electron chi connectivity index (χ1n) is 6.18. The highest BCUT2D eigenvalue weighted by Crippen LogP contribution is 2.20. The summed E-state index contributed by atoms with van der Waals surface area (Å²) in [5.41, 5.74) is 0.734. The summed E-state index contributed by atoms with van der Waals surface area (Å²) in [5.74, 6) is 0.230. The Morgan fingerprint density at radius 1 is 1.45 bits per heavy atom. The lowest BCUT2D eigenvalue weighted by molar-refractivity contribution is 0.102. The van der Waals surface area contributed by atoms with E-state index < -0.39 is 0 Å². The Kier molecular flexibility index (Phi) is 4.41. The average Bonchev–Trinajstić information content (AvgIpc) is 2.88. The summed E-state index contributed by atoms with van der Waals surface area (Å²) < 4.78 is 6.86. The third-order valence-electron chi connectivity index (χ3n) is 2.81. The van der Waals surface area contributed by atoms with E-state index in [-0.39, 0.29) is 5.78 Å². The van der Waals surface area contributed by atoms with Crippen LogP contribution < -0.4 is 4.74 Å². The first-order valence-corrected chi connectivity index (χ1v) is 6.18. The highest BCUT2D eigenvalue weighted by Gasteiger charge is 2.21. The summed E-state index contributed by atoms with van der Waals surface area (Å²) in [6.45, 7) is 1.37. The molecule has 0 aliphatic rings. The normalized spacial score (nSPS) is 10.8. The SMILES string of the molecule is COc1cnn(CCN(C)C)c1C(=O)c1ccncn1. The zero-order chi connectivity index (χ0) is 14.5. The first kappa shape index (κ1) is 14.1. The molecule has 106 valence electrons. The van der Waals surface area contributed by atoms with Crippen LogP contribution in [0.5, 0.6) is 5.75 Å². The largest absolute Gasteiger partial charge is 0.493 e. The van der Waals surface area contributed by atoms with Crippen LogP contribution in [-0.4, -0.2) is 58.2 Å². The molecule has 0 amide bonds. The van der Waals surface area contributed by atoms with Crippen molar-refractivity contribution in [3.05, 3.63) is 36.2 Å². The fourth-order valence-corrected chi connectivity index (χ4v) is 1.76. The van der Waals surface area contributed by atoms with E-state index in [9.17, 15) is 4.79 Å². The van der Waals surface area contributed by atoms with Crippen molar-refractivity contribution < 1.29 is 9.53 Å². The van der Waals surface area contributed by atoms with Gasteiger partial charge in [-0.15, -0.1) is 0 Å². The van der Waals surface area contributed by atoms with Crippen LogP contribution in [-0.2, 0) is 6.54 Å². The Hall–Kier alpha value is -2.28. The molecule has 2 heterocycles. The molecule has 0 unspecified atom stereocenters. The van der Waals surface area contributed by atoms with Crippen LogP contribution in [0, 0.1) is 0 Å². The van der Waals surface area contributed by atoms with Gasteiger partial charge in [-0.1, -0.05) is 0 Å². The molecule has 20 heavy (non-hydrogen) atoms. The second-order valence-electron chi connectivity index (χ2n) is 4.51. The van der Waals surface area contributed by atoms with Crippen molar-refractivity contribution in [3.63, 3.8) is 0 Å². The van der Waals surface area contributed by atoms with Crippen molar-refractivity contribution >= 4 is 5.78 Å². The van der Waals surface area contributed by atoms with Crippen LogP contribution in [0.4, 0.5) is 0 Å². The van der Waals surface area contributed by atoms with Crippen LogP contribution in [0.3, 0.4) is 0 Å². The van der Waals surface area contributed by atoms with Gasteiger partial charge in [0.25, 0.3) is 0 Å². The topological polar surface area (TPSA) is 73.1 Å². The molecule has 0 saturated heterocycles. The van der Waals surface area contributed by atoms with E-state index >= 15 is 0 Å². The summed E-state index contributed by atoms with van der Waals surface area (Å²) in [4.78, 5) is 22.3. The fraction of sp³-hybridized carbons (Fsp3) is 0.385. The lowest BCUT2D eigenvalue weighted by atomic mass is 10.2. The highest BCUT2D eigenvalue weighted by molar-refractivity contribution is 6.08. The lowest BCUT2D eigenvalue weighted by Gasteiger charge is -2.11. The van der Waals surface area contributed by atoms with Gasteiger partial charge in [0, 0.05) is 12.7 Å². The van der Waals surface area contributed by atoms with Gasteiger partial charge in [0.1, 0.15) is 12.0 Å². The molecule has 7 nitrogen and oxygen atoms in total. The standard InChI is InChI=1S/C13H17N5O2/c1-17(2)6-7-18-12(11(20-3)8-16-18)13(19)10-4-5-14-9-15-10/h4-5,8-9H,6-7H2,1-3H3. The molecule has 0 aliphatic carbocycles. The molecule has 0 spiro atoms. The Morgan fingerprint density at radius 2 is 2.25 bits per heavy atom. The van der Waals surface area contributed by atoms with E-state index in [2.05, 4.69) is 15.1 Å². The van der Waals surface area contributed by atoms with E-state index in [1.165, 1.54) is 19.6 Å². The van der Waals surface area contributed by atoms with Crippen molar-refractivity contribution in [2.75, 3.05) is 27.7 Å². The molecule has 0 atom stereocenters. The van der Waals surface area contributed by atoms with Crippen LogP contribution in [0.2, 0.25) is 0 Å². The molecule has 0 aromatic carbocycles. The molecule has 0 N–H and O–H groups in total. The van der Waals surface area contributed by atoms with E-state index in [0.29, 0.717) is 23.7 Å². The Labute approximate surface area is 117 Å². The maximum Gasteiger partial charge on any atom is 0.233 e. The zero-order valence-electron chi connectivity index (χ0n) is 11.8. The van der Waals surface area contributed by atoms with Gasteiger partial charge in [0.15, 0.2) is 11.4 Å². The number of ether oxygens (including phenoxy) is 1. The van der Waals surface area contributed by atoms with Gasteiger partial charge in [-0.3, -0.25) is 9.48 Å². The number of hydrogen-bond acceptors (Lipinski definition) is 6. The Bertz CT molecular complexity index is 580. The molecule has 0 fully saturated rings. The number of hydrogen-bond donors (Lipinski definition) is 0. The van der Waals surface area contributed by atoms with Crippen LogP contribution >= 0.6 is 0 Å². The van der Waals surface area contributed by atoms with Crippen molar-refractivity contribution in [2.24, 2.45) is 0 Å². The Morgan fingerprint density at radius 3 is 2.85 bits per heavy atom. The molecule has 2 rings (SSSR count). The number of aromatic nitrogens is 4. The van der Waals surface area contributed by atoms with Crippen molar-refractivity contribution in [1.29, 1.82) is 0 Å². The van der Waals surface area contributed by atoms with Gasteiger partial charge in [0.2, 0.25) is 5.78 Å². The van der Waals surface area contributed by atoms with Crippen molar-refractivity contribution in [1.82, 2.24) is 24.6 Å². The van der Waals surface area contributed by atoms with Crippen LogP contribution in [0.25, 0.3) is 0 Å². The minimum atomic E-state index is -0.222. The summed E-state index contributed by atoms with van der Waals surface area (Å²) in [6.07, 6.45) is 4.43. The van der Waals surface area contributed by atoms with E-state index in [4.69, 9.17) is 4.74 Å².